The van der Waals surface area contributed by atoms with E-state index in [0.29, 0.717) is 6.61 Å². The summed E-state index contributed by atoms with van der Waals surface area (Å²) in [5.74, 6) is 0.943. The number of hydrogen-bond donors (Lipinski definition) is 1. The first-order valence-corrected chi connectivity index (χ1v) is 10.9. The zero-order valence-corrected chi connectivity index (χ0v) is 18.0. The molecule has 0 unspecified atom stereocenters. The Morgan fingerprint density at radius 1 is 1.00 bits per heavy atom. The molecule has 0 aromatic heterocycles. The minimum atomic E-state index is -0.410. The third-order valence-corrected chi connectivity index (χ3v) is 6.18. The van der Waals surface area contributed by atoms with Crippen LogP contribution in [0.2, 0.25) is 0 Å². The molecule has 0 radical (unpaired) electrons. The van der Waals surface area contributed by atoms with E-state index in [4.69, 9.17) is 4.74 Å². The Morgan fingerprint density at radius 2 is 1.62 bits per heavy atom. The maximum absolute atomic E-state index is 13.3. The van der Waals surface area contributed by atoms with Gasteiger partial charge in [-0.3, -0.25) is 4.79 Å². The predicted molar refractivity (Wildman–Crippen MR) is 120 cm³/mol. The lowest BCUT2D eigenvalue weighted by molar-refractivity contribution is -0.121. The molecule has 0 bridgehead atoms. The van der Waals surface area contributed by atoms with Crippen LogP contribution in [0, 0.1) is 6.92 Å². The smallest absolute Gasteiger partial charge is 0.235 e. The summed E-state index contributed by atoms with van der Waals surface area (Å²) in [4.78, 5) is 15.6. The standard InChI is InChI=1S/C25H34N2O2/c1-4-27(5-2)18-19-29-23-14-12-22(13-15-23)26-24(28)25(16-6-7-17-25)21-10-8-20(3)9-11-21/h8-15H,4-7,16-19H2,1-3H3,(H,26,28). The van der Waals surface area contributed by atoms with Crippen molar-refractivity contribution < 1.29 is 9.53 Å². The molecular formula is C25H34N2O2. The molecule has 1 N–H and O–H groups in total. The summed E-state index contributed by atoms with van der Waals surface area (Å²) in [6.07, 6.45) is 4.02. The number of carbonyl (C=O) groups is 1. The van der Waals surface area contributed by atoms with Gasteiger partial charge in [0.2, 0.25) is 5.91 Å². The zero-order chi connectivity index (χ0) is 20.7. The summed E-state index contributed by atoms with van der Waals surface area (Å²) in [6, 6.07) is 16.2. The molecule has 3 rings (SSSR count). The van der Waals surface area contributed by atoms with Gasteiger partial charge in [-0.25, -0.2) is 0 Å². The summed E-state index contributed by atoms with van der Waals surface area (Å²) < 4.78 is 5.85. The molecule has 0 saturated heterocycles. The Balaban J connectivity index is 1.62. The number of anilines is 1. The van der Waals surface area contributed by atoms with Crippen molar-refractivity contribution in [1.29, 1.82) is 0 Å². The minimum absolute atomic E-state index is 0.106. The highest BCUT2D eigenvalue weighted by molar-refractivity contribution is 5.99. The molecule has 1 aliphatic rings. The molecule has 156 valence electrons. The summed E-state index contributed by atoms with van der Waals surface area (Å²) in [6.45, 7) is 10.1. The van der Waals surface area contributed by atoms with Gasteiger partial charge < -0.3 is 15.0 Å². The quantitative estimate of drug-likeness (QED) is 0.638. The first kappa shape index (κ1) is 21.4. The predicted octanol–water partition coefficient (Wildman–Crippen LogP) is 5.17. The van der Waals surface area contributed by atoms with Gasteiger partial charge >= 0.3 is 0 Å². The number of rotatable bonds is 9. The fraction of sp³-hybridized carbons (Fsp3) is 0.480. The third-order valence-electron chi connectivity index (χ3n) is 6.18. The van der Waals surface area contributed by atoms with Crippen molar-refractivity contribution in [3.8, 4) is 5.75 Å². The van der Waals surface area contributed by atoms with Crippen molar-refractivity contribution in [2.75, 3.05) is 31.6 Å². The minimum Gasteiger partial charge on any atom is -0.492 e. The molecule has 2 aromatic carbocycles. The van der Waals surface area contributed by atoms with E-state index >= 15 is 0 Å². The number of amides is 1. The number of benzene rings is 2. The van der Waals surface area contributed by atoms with Gasteiger partial charge in [0.15, 0.2) is 0 Å². The highest BCUT2D eigenvalue weighted by Crippen LogP contribution is 2.42. The van der Waals surface area contributed by atoms with Gasteiger partial charge in [0.1, 0.15) is 12.4 Å². The van der Waals surface area contributed by atoms with Crippen molar-refractivity contribution in [2.45, 2.75) is 51.9 Å². The van der Waals surface area contributed by atoms with Crippen molar-refractivity contribution in [3.63, 3.8) is 0 Å². The number of carbonyl (C=O) groups excluding carboxylic acids is 1. The Bertz CT molecular complexity index is 773. The Kier molecular flexibility index (Phi) is 7.32. The number of ether oxygens (including phenoxy) is 1. The second-order valence-corrected chi connectivity index (χ2v) is 8.01. The van der Waals surface area contributed by atoms with Gasteiger partial charge in [-0.05, 0) is 62.7 Å². The zero-order valence-electron chi connectivity index (χ0n) is 18.0. The molecule has 0 atom stereocenters. The first-order chi connectivity index (χ1) is 14.1. The van der Waals surface area contributed by atoms with Crippen molar-refractivity contribution >= 4 is 11.6 Å². The lowest BCUT2D eigenvalue weighted by atomic mass is 9.77. The lowest BCUT2D eigenvalue weighted by Crippen LogP contribution is -2.38. The molecule has 4 nitrogen and oxygen atoms in total. The molecule has 1 saturated carbocycles. The van der Waals surface area contributed by atoms with Crippen LogP contribution < -0.4 is 10.1 Å². The van der Waals surface area contributed by atoms with Gasteiger partial charge in [0, 0.05) is 12.2 Å². The summed E-state index contributed by atoms with van der Waals surface area (Å²) in [7, 11) is 0. The SMILES string of the molecule is CCN(CC)CCOc1ccc(NC(=O)C2(c3ccc(C)cc3)CCCC2)cc1. The van der Waals surface area contributed by atoms with Gasteiger partial charge in [0.25, 0.3) is 0 Å². The number of nitrogens with zero attached hydrogens (tertiary/aromatic N) is 1. The van der Waals surface area contributed by atoms with Crippen LogP contribution in [0.4, 0.5) is 5.69 Å². The number of hydrogen-bond acceptors (Lipinski definition) is 3. The highest BCUT2D eigenvalue weighted by Gasteiger charge is 2.42. The average Bonchev–Trinajstić information content (AvgIpc) is 3.24. The average molecular weight is 395 g/mol. The van der Waals surface area contributed by atoms with Crippen LogP contribution in [0.25, 0.3) is 0 Å². The largest absolute Gasteiger partial charge is 0.492 e. The van der Waals surface area contributed by atoms with E-state index in [1.807, 2.05) is 24.3 Å². The van der Waals surface area contributed by atoms with Crippen LogP contribution in [0.3, 0.4) is 0 Å². The second-order valence-electron chi connectivity index (χ2n) is 8.01. The monoisotopic (exact) mass is 394 g/mol. The summed E-state index contributed by atoms with van der Waals surface area (Å²) in [5.41, 5.74) is 2.77. The Hall–Kier alpha value is -2.33. The molecule has 1 fully saturated rings. The van der Waals surface area contributed by atoms with Crippen LogP contribution in [0.15, 0.2) is 48.5 Å². The van der Waals surface area contributed by atoms with Crippen LogP contribution in [-0.4, -0.2) is 37.0 Å². The van der Waals surface area contributed by atoms with Crippen LogP contribution in [-0.2, 0) is 10.2 Å². The van der Waals surface area contributed by atoms with Gasteiger partial charge in [-0.2, -0.15) is 0 Å². The fourth-order valence-electron chi connectivity index (χ4n) is 4.22. The van der Waals surface area contributed by atoms with E-state index in [9.17, 15) is 4.79 Å². The van der Waals surface area contributed by atoms with Gasteiger partial charge in [0.05, 0.1) is 5.41 Å². The van der Waals surface area contributed by atoms with Crippen LogP contribution in [0.5, 0.6) is 5.75 Å². The second kappa shape index (κ2) is 9.93. The summed E-state index contributed by atoms with van der Waals surface area (Å²) >= 11 is 0. The maximum atomic E-state index is 13.3. The molecule has 0 spiro atoms. The number of aryl methyl sites for hydroxylation is 1. The number of nitrogens with one attached hydrogen (secondary N) is 1. The van der Waals surface area contributed by atoms with E-state index in [2.05, 4.69) is 55.3 Å². The molecular weight excluding hydrogens is 360 g/mol. The van der Waals surface area contributed by atoms with E-state index < -0.39 is 5.41 Å². The van der Waals surface area contributed by atoms with E-state index in [-0.39, 0.29) is 5.91 Å². The summed E-state index contributed by atoms with van der Waals surface area (Å²) in [5, 5.41) is 3.15. The molecule has 0 heterocycles. The third kappa shape index (κ3) is 5.18. The first-order valence-electron chi connectivity index (χ1n) is 10.9. The Labute approximate surface area is 175 Å². The highest BCUT2D eigenvalue weighted by atomic mass is 16.5. The van der Waals surface area contributed by atoms with Crippen LogP contribution in [0.1, 0.15) is 50.7 Å². The van der Waals surface area contributed by atoms with Gasteiger partial charge in [-0.15, -0.1) is 0 Å². The van der Waals surface area contributed by atoms with Crippen molar-refractivity contribution in [1.82, 2.24) is 4.90 Å². The van der Waals surface area contributed by atoms with E-state index in [1.165, 1.54) is 5.56 Å². The van der Waals surface area contributed by atoms with Crippen LogP contribution >= 0.6 is 0 Å². The molecule has 2 aromatic rings. The molecule has 4 heteroatoms. The topological polar surface area (TPSA) is 41.6 Å². The molecule has 0 aliphatic heterocycles. The van der Waals surface area contributed by atoms with E-state index in [1.54, 1.807) is 0 Å². The van der Waals surface area contributed by atoms with Crippen molar-refractivity contribution in [3.05, 3.63) is 59.7 Å². The molecule has 29 heavy (non-hydrogen) atoms. The van der Waals surface area contributed by atoms with E-state index in [0.717, 1.165) is 62.3 Å². The lowest BCUT2D eigenvalue weighted by Gasteiger charge is -2.28. The fourth-order valence-corrected chi connectivity index (χ4v) is 4.22. The number of likely N-dealkylation sites (N-methyl/N-ethyl adjacent to an activating group) is 1. The maximum Gasteiger partial charge on any atom is 0.235 e. The normalized spacial score (nSPS) is 15.4. The van der Waals surface area contributed by atoms with Gasteiger partial charge in [-0.1, -0.05) is 56.5 Å². The molecule has 1 aliphatic carbocycles. The molecule has 1 amide bonds. The van der Waals surface area contributed by atoms with Crippen molar-refractivity contribution in [2.24, 2.45) is 0 Å². The Morgan fingerprint density at radius 3 is 2.21 bits per heavy atom.